The molecule has 3 nitrogen and oxygen atoms in total. The van der Waals surface area contributed by atoms with E-state index in [1.165, 1.54) is 108 Å². The van der Waals surface area contributed by atoms with E-state index < -0.39 is 0 Å². The predicted molar refractivity (Wildman–Crippen MR) is 269 cm³/mol. The number of benzene rings is 7. The van der Waals surface area contributed by atoms with Gasteiger partial charge in [-0.2, -0.15) is 0 Å². The Labute approximate surface area is 373 Å². The van der Waals surface area contributed by atoms with Crippen molar-refractivity contribution in [2.75, 3.05) is 9.80 Å². The average Bonchev–Trinajstić information content (AvgIpc) is 3.70. The largest absolute Gasteiger partial charge is 0.456 e. The maximum Gasteiger partial charge on any atom is 0.252 e. The van der Waals surface area contributed by atoms with E-state index in [-0.39, 0.29) is 28.4 Å². The number of para-hydroxylation sites is 2. The maximum atomic E-state index is 6.79. The highest BCUT2D eigenvalue weighted by Gasteiger charge is 2.49. The van der Waals surface area contributed by atoms with E-state index in [4.69, 9.17) is 4.42 Å². The molecule has 63 heavy (non-hydrogen) atoms. The molecule has 1 aromatic heterocycles. The number of anilines is 6. The van der Waals surface area contributed by atoms with Gasteiger partial charge in [0.2, 0.25) is 0 Å². The molecule has 0 amide bonds. The third kappa shape index (κ3) is 5.46. The standard InChI is InChI=1S/C59H57BN2O/c1-35-26-51-55-52(27-35)62(48-31-43-41(28-36(48)2)56(3,4)24-25-57(43,5)6)50-32-44-42(58(7,8)34-59(44,9)10)30-45(50)60(55)46-33-54-40(39-21-15-17-23-53(39)63-54)29-49(46)61(51)47-22-16-14-20-38(47)37-18-12-11-13-19-37/h11-23,26-33H,24-25,34H2,1-10H3. The van der Waals surface area contributed by atoms with Gasteiger partial charge in [-0.15, -0.1) is 0 Å². The summed E-state index contributed by atoms with van der Waals surface area (Å²) in [5.41, 5.74) is 24.6. The first-order valence-corrected chi connectivity index (χ1v) is 23.2. The van der Waals surface area contributed by atoms with Crippen molar-refractivity contribution in [2.45, 2.75) is 110 Å². The molecule has 0 spiro atoms. The Morgan fingerprint density at radius 1 is 0.460 bits per heavy atom. The van der Waals surface area contributed by atoms with Crippen molar-refractivity contribution >= 4 is 79.2 Å². The molecule has 0 fully saturated rings. The van der Waals surface area contributed by atoms with Crippen LogP contribution in [0, 0.1) is 13.8 Å². The Balaban J connectivity index is 1.23. The number of furan rings is 1. The summed E-state index contributed by atoms with van der Waals surface area (Å²) in [6.45, 7) is 24.3. The van der Waals surface area contributed by atoms with Gasteiger partial charge in [0, 0.05) is 44.8 Å². The molecule has 0 radical (unpaired) electrons. The number of hydrogen-bond acceptors (Lipinski definition) is 3. The predicted octanol–water partition coefficient (Wildman–Crippen LogP) is 14.3. The molecule has 0 atom stereocenters. The van der Waals surface area contributed by atoms with Gasteiger partial charge in [-0.05, 0) is 159 Å². The number of nitrogens with zero attached hydrogens (tertiary/aromatic N) is 2. The average molecular weight is 821 g/mol. The normalized spacial score (nSPS) is 18.2. The number of aryl methyl sites for hydroxylation is 2. The van der Waals surface area contributed by atoms with Crippen molar-refractivity contribution in [1.29, 1.82) is 0 Å². The zero-order valence-electron chi connectivity index (χ0n) is 38.6. The summed E-state index contributed by atoms with van der Waals surface area (Å²) in [6, 6.07) is 48.6. The Morgan fingerprint density at radius 2 is 1.02 bits per heavy atom. The number of fused-ring (bicyclic) bond motifs is 9. The van der Waals surface area contributed by atoms with Crippen LogP contribution in [0.5, 0.6) is 0 Å². The minimum Gasteiger partial charge on any atom is -0.456 e. The van der Waals surface area contributed by atoms with Gasteiger partial charge < -0.3 is 14.2 Å². The van der Waals surface area contributed by atoms with Crippen molar-refractivity contribution < 1.29 is 4.42 Å². The SMILES string of the molecule is Cc1cc2c3c(c1)N(c1ccccc1-c1ccccc1)c1cc4c(cc1B3c1cc3c(cc1N2c1cc2c(cc1C)C(C)(C)CCC2(C)C)C(C)(C)CC3(C)C)oc1ccccc14. The van der Waals surface area contributed by atoms with E-state index in [1.807, 2.05) is 0 Å². The number of rotatable bonds is 3. The van der Waals surface area contributed by atoms with Crippen LogP contribution in [-0.2, 0) is 21.7 Å². The minimum absolute atomic E-state index is 0.0206. The van der Waals surface area contributed by atoms with Gasteiger partial charge in [0.1, 0.15) is 11.2 Å². The van der Waals surface area contributed by atoms with E-state index in [2.05, 4.69) is 206 Å². The first kappa shape index (κ1) is 38.7. The zero-order chi connectivity index (χ0) is 43.5. The van der Waals surface area contributed by atoms with Crippen LogP contribution in [0.1, 0.15) is 108 Å². The fraction of sp³-hybridized carbons (Fsp3) is 0.288. The van der Waals surface area contributed by atoms with E-state index in [0.717, 1.165) is 28.4 Å². The topological polar surface area (TPSA) is 19.6 Å². The fourth-order valence-corrected chi connectivity index (χ4v) is 12.8. The molecular weight excluding hydrogens is 763 g/mol. The van der Waals surface area contributed by atoms with E-state index in [0.29, 0.717) is 0 Å². The van der Waals surface area contributed by atoms with Gasteiger partial charge in [-0.3, -0.25) is 0 Å². The van der Waals surface area contributed by atoms with Gasteiger partial charge >= 0.3 is 0 Å². The molecule has 3 heterocycles. The van der Waals surface area contributed by atoms with Crippen LogP contribution >= 0.6 is 0 Å². The van der Waals surface area contributed by atoms with E-state index in [9.17, 15) is 0 Å². The van der Waals surface area contributed by atoms with Crippen molar-refractivity contribution in [3.05, 3.63) is 161 Å². The molecule has 0 saturated heterocycles. The molecule has 4 heteroatoms. The second kappa shape index (κ2) is 12.8. The highest BCUT2D eigenvalue weighted by atomic mass is 16.3. The van der Waals surface area contributed by atoms with Crippen LogP contribution in [0.25, 0.3) is 33.1 Å². The van der Waals surface area contributed by atoms with Crippen molar-refractivity contribution in [3.63, 3.8) is 0 Å². The van der Waals surface area contributed by atoms with Crippen LogP contribution < -0.4 is 26.2 Å². The lowest BCUT2D eigenvalue weighted by molar-refractivity contribution is 0.332. The lowest BCUT2D eigenvalue weighted by atomic mass is 9.33. The second-order valence-corrected chi connectivity index (χ2v) is 22.1. The minimum atomic E-state index is -0.0206. The first-order valence-electron chi connectivity index (χ1n) is 23.2. The van der Waals surface area contributed by atoms with Crippen LogP contribution in [0.15, 0.2) is 132 Å². The van der Waals surface area contributed by atoms with E-state index >= 15 is 0 Å². The molecule has 2 aliphatic heterocycles. The summed E-state index contributed by atoms with van der Waals surface area (Å²) in [7, 11) is 0. The van der Waals surface area contributed by atoms with E-state index in [1.54, 1.807) is 0 Å². The van der Waals surface area contributed by atoms with Gasteiger partial charge in [-0.25, -0.2) is 0 Å². The molecule has 0 unspecified atom stereocenters. The smallest absolute Gasteiger partial charge is 0.252 e. The van der Waals surface area contributed by atoms with Gasteiger partial charge in [0.25, 0.3) is 6.71 Å². The summed E-state index contributed by atoms with van der Waals surface area (Å²) < 4.78 is 6.79. The Kier molecular flexibility index (Phi) is 7.86. The van der Waals surface area contributed by atoms with Gasteiger partial charge in [-0.1, -0.05) is 134 Å². The molecule has 0 N–H and O–H groups in total. The van der Waals surface area contributed by atoms with Crippen LogP contribution in [0.4, 0.5) is 34.1 Å². The molecule has 2 aliphatic carbocycles. The molecular formula is C59H57BN2O. The summed E-state index contributed by atoms with van der Waals surface area (Å²) in [6.07, 6.45) is 3.48. The zero-order valence-corrected chi connectivity index (χ0v) is 38.6. The summed E-state index contributed by atoms with van der Waals surface area (Å²) in [5, 5.41) is 2.29. The fourth-order valence-electron chi connectivity index (χ4n) is 12.8. The Hall–Kier alpha value is -6.00. The first-order chi connectivity index (χ1) is 30.0. The highest BCUT2D eigenvalue weighted by molar-refractivity contribution is 7.00. The molecule has 4 aliphatic rings. The quantitative estimate of drug-likeness (QED) is 0.166. The molecule has 0 bridgehead atoms. The monoisotopic (exact) mass is 820 g/mol. The lowest BCUT2D eigenvalue weighted by Gasteiger charge is -2.46. The molecule has 12 rings (SSSR count). The molecule has 7 aromatic carbocycles. The van der Waals surface area contributed by atoms with Crippen molar-refractivity contribution in [1.82, 2.24) is 0 Å². The van der Waals surface area contributed by atoms with Gasteiger partial charge in [0.05, 0.1) is 5.69 Å². The number of hydrogen-bond donors (Lipinski definition) is 0. The molecule has 8 aromatic rings. The Bertz CT molecular complexity index is 3260. The van der Waals surface area contributed by atoms with Crippen LogP contribution in [0.3, 0.4) is 0 Å². The maximum absolute atomic E-state index is 6.79. The third-order valence-corrected chi connectivity index (χ3v) is 15.8. The lowest BCUT2D eigenvalue weighted by Crippen LogP contribution is -2.61. The molecule has 0 saturated carbocycles. The molecule has 312 valence electrons. The summed E-state index contributed by atoms with van der Waals surface area (Å²) >= 11 is 0. The Morgan fingerprint density at radius 3 is 1.75 bits per heavy atom. The second-order valence-electron chi connectivity index (χ2n) is 22.1. The third-order valence-electron chi connectivity index (χ3n) is 15.8. The highest BCUT2D eigenvalue weighted by Crippen LogP contribution is 2.55. The van der Waals surface area contributed by atoms with Crippen molar-refractivity contribution in [2.24, 2.45) is 0 Å². The van der Waals surface area contributed by atoms with Crippen molar-refractivity contribution in [3.8, 4) is 11.1 Å². The summed E-state index contributed by atoms with van der Waals surface area (Å²) in [5.74, 6) is 0. The van der Waals surface area contributed by atoms with Gasteiger partial charge in [0.15, 0.2) is 0 Å². The summed E-state index contributed by atoms with van der Waals surface area (Å²) in [4.78, 5) is 5.29. The van der Waals surface area contributed by atoms with Crippen LogP contribution in [0.2, 0.25) is 0 Å². The van der Waals surface area contributed by atoms with Crippen LogP contribution in [-0.4, -0.2) is 6.71 Å².